The molecular weight excluding hydrogens is 403 g/mol. The number of hydrogen-bond donors (Lipinski definition) is 0. The Bertz CT molecular complexity index is 924. The van der Waals surface area contributed by atoms with Crippen LogP contribution in [0.5, 0.6) is 5.75 Å². The molecule has 1 heterocycles. The second-order valence-electron chi connectivity index (χ2n) is 6.69. The molecule has 3 rings (SSSR count). The molecule has 10 heteroatoms. The molecule has 0 saturated carbocycles. The molecule has 160 valence electrons. The molecule has 0 spiro atoms. The van der Waals surface area contributed by atoms with Crippen LogP contribution in [-0.4, -0.2) is 48.5 Å². The Balaban J connectivity index is 1.71. The summed E-state index contributed by atoms with van der Waals surface area (Å²) in [6.45, 7) is 3.56. The number of carbonyl (C=O) groups excluding carboxylic acids is 1. The van der Waals surface area contributed by atoms with Crippen molar-refractivity contribution in [1.82, 2.24) is 4.90 Å². The first-order valence-electron chi connectivity index (χ1n) is 9.33. The molecule has 0 radical (unpaired) electrons. The molecule has 0 aliphatic carbocycles. The predicted octanol–water partition coefficient (Wildman–Crippen LogP) is 3.97. The van der Waals surface area contributed by atoms with Gasteiger partial charge in [0.2, 0.25) is 0 Å². The molecule has 1 aliphatic rings. The largest absolute Gasteiger partial charge is 0.493 e. The number of alkyl halides is 3. The quantitative estimate of drug-likeness (QED) is 0.537. The molecule has 2 aromatic rings. The number of anilines is 1. The highest BCUT2D eigenvalue weighted by Gasteiger charge is 2.31. The van der Waals surface area contributed by atoms with Gasteiger partial charge >= 0.3 is 6.18 Å². The number of nitrogens with zero attached hydrogens (tertiary/aromatic N) is 3. The molecule has 0 aromatic heterocycles. The van der Waals surface area contributed by atoms with Crippen LogP contribution in [0.25, 0.3) is 0 Å². The van der Waals surface area contributed by atoms with E-state index >= 15 is 0 Å². The Morgan fingerprint density at radius 1 is 1.10 bits per heavy atom. The summed E-state index contributed by atoms with van der Waals surface area (Å²) in [5, 5.41) is 11.1. The van der Waals surface area contributed by atoms with Gasteiger partial charge in [-0.2, -0.15) is 13.2 Å². The van der Waals surface area contributed by atoms with Crippen molar-refractivity contribution >= 4 is 17.3 Å². The molecule has 7 nitrogen and oxygen atoms in total. The zero-order chi connectivity index (χ0) is 21.9. The van der Waals surface area contributed by atoms with E-state index in [9.17, 15) is 28.1 Å². The number of amides is 1. The number of halogens is 3. The van der Waals surface area contributed by atoms with Gasteiger partial charge in [0.1, 0.15) is 5.75 Å². The lowest BCUT2D eigenvalue weighted by molar-refractivity contribution is -0.384. The van der Waals surface area contributed by atoms with Crippen LogP contribution in [-0.2, 0) is 6.18 Å². The Morgan fingerprint density at radius 3 is 2.27 bits per heavy atom. The average Bonchev–Trinajstić information content (AvgIpc) is 2.73. The van der Waals surface area contributed by atoms with E-state index in [4.69, 9.17) is 4.74 Å². The summed E-state index contributed by atoms with van der Waals surface area (Å²) < 4.78 is 43.6. The van der Waals surface area contributed by atoms with Crippen LogP contribution >= 0.6 is 0 Å². The SMILES string of the molecule is CCOc1ccc([N+](=O)[O-])cc1C(=O)N1CCN(c2ccc(C(F)(F)F)cc2)CC1. The minimum absolute atomic E-state index is 0.119. The van der Waals surface area contributed by atoms with E-state index < -0.39 is 16.7 Å². The van der Waals surface area contributed by atoms with Crippen molar-refractivity contribution in [2.24, 2.45) is 0 Å². The van der Waals surface area contributed by atoms with Crippen molar-refractivity contribution in [3.8, 4) is 5.75 Å². The summed E-state index contributed by atoms with van der Waals surface area (Å²) in [5.74, 6) is -0.104. The molecule has 1 aliphatic heterocycles. The molecule has 1 amide bonds. The molecule has 1 saturated heterocycles. The zero-order valence-electron chi connectivity index (χ0n) is 16.2. The predicted molar refractivity (Wildman–Crippen MR) is 104 cm³/mol. The average molecular weight is 423 g/mol. The Kier molecular flexibility index (Phi) is 6.14. The zero-order valence-corrected chi connectivity index (χ0v) is 16.2. The lowest BCUT2D eigenvalue weighted by atomic mass is 10.1. The van der Waals surface area contributed by atoms with E-state index in [1.165, 1.54) is 30.3 Å². The number of hydrogen-bond acceptors (Lipinski definition) is 5. The van der Waals surface area contributed by atoms with Crippen molar-refractivity contribution in [3.63, 3.8) is 0 Å². The molecule has 0 N–H and O–H groups in total. The molecule has 0 bridgehead atoms. The molecule has 1 fully saturated rings. The smallest absolute Gasteiger partial charge is 0.416 e. The lowest BCUT2D eigenvalue weighted by Crippen LogP contribution is -2.48. The highest BCUT2D eigenvalue weighted by Crippen LogP contribution is 2.31. The van der Waals surface area contributed by atoms with Crippen molar-refractivity contribution in [2.45, 2.75) is 13.1 Å². The summed E-state index contributed by atoms with van der Waals surface area (Å²) in [5.41, 5.74) is -0.158. The van der Waals surface area contributed by atoms with Crippen molar-refractivity contribution in [3.05, 3.63) is 63.7 Å². The fourth-order valence-corrected chi connectivity index (χ4v) is 3.28. The highest BCUT2D eigenvalue weighted by atomic mass is 19.4. The van der Waals surface area contributed by atoms with Gasteiger partial charge in [-0.15, -0.1) is 0 Å². The third kappa shape index (κ3) is 4.64. The van der Waals surface area contributed by atoms with Crippen molar-refractivity contribution in [2.75, 3.05) is 37.7 Å². The normalized spacial score (nSPS) is 14.5. The van der Waals surface area contributed by atoms with Crippen LogP contribution in [0.2, 0.25) is 0 Å². The topological polar surface area (TPSA) is 75.9 Å². The van der Waals surface area contributed by atoms with Crippen LogP contribution in [0.15, 0.2) is 42.5 Å². The van der Waals surface area contributed by atoms with Crippen molar-refractivity contribution < 1.29 is 27.6 Å². The van der Waals surface area contributed by atoms with Gasteiger partial charge in [0.15, 0.2) is 0 Å². The Morgan fingerprint density at radius 2 is 1.73 bits per heavy atom. The number of piperazine rings is 1. The van der Waals surface area contributed by atoms with E-state index in [0.717, 1.165) is 12.1 Å². The molecule has 30 heavy (non-hydrogen) atoms. The van der Waals surface area contributed by atoms with Crippen LogP contribution in [0.1, 0.15) is 22.8 Å². The summed E-state index contributed by atoms with van der Waals surface area (Å²) >= 11 is 0. The third-order valence-corrected chi connectivity index (χ3v) is 4.83. The fourth-order valence-electron chi connectivity index (χ4n) is 3.28. The minimum atomic E-state index is -4.39. The van der Waals surface area contributed by atoms with Gasteiger partial charge in [-0.1, -0.05) is 0 Å². The van der Waals surface area contributed by atoms with Crippen LogP contribution in [0.4, 0.5) is 24.5 Å². The van der Waals surface area contributed by atoms with Gasteiger partial charge < -0.3 is 14.5 Å². The standard InChI is InChI=1S/C20H20F3N3O4/c1-2-30-18-8-7-16(26(28)29)13-17(18)19(27)25-11-9-24(10-12-25)15-5-3-14(4-6-15)20(21,22)23/h3-8,13H,2,9-12H2,1H3. The molecule has 2 aromatic carbocycles. The monoisotopic (exact) mass is 423 g/mol. The van der Waals surface area contributed by atoms with Gasteiger partial charge in [0.25, 0.3) is 11.6 Å². The molecular formula is C20H20F3N3O4. The summed E-state index contributed by atoms with van der Waals surface area (Å²) in [7, 11) is 0. The van der Waals surface area contributed by atoms with Gasteiger partial charge in [-0.3, -0.25) is 14.9 Å². The van der Waals surface area contributed by atoms with Gasteiger partial charge in [0.05, 0.1) is 22.7 Å². The van der Waals surface area contributed by atoms with Crippen molar-refractivity contribution in [1.29, 1.82) is 0 Å². The lowest BCUT2D eigenvalue weighted by Gasteiger charge is -2.36. The summed E-state index contributed by atoms with van der Waals surface area (Å²) in [6, 6.07) is 8.78. The van der Waals surface area contributed by atoms with E-state index in [2.05, 4.69) is 0 Å². The first-order valence-corrected chi connectivity index (χ1v) is 9.33. The first kappa shape index (κ1) is 21.4. The third-order valence-electron chi connectivity index (χ3n) is 4.83. The molecule has 0 unspecified atom stereocenters. The number of ether oxygens (including phenoxy) is 1. The summed E-state index contributed by atoms with van der Waals surface area (Å²) in [4.78, 5) is 26.9. The number of rotatable bonds is 5. The number of benzene rings is 2. The maximum atomic E-state index is 12.9. The first-order chi connectivity index (χ1) is 14.2. The van der Waals surface area contributed by atoms with Crippen LogP contribution in [0.3, 0.4) is 0 Å². The van der Waals surface area contributed by atoms with Gasteiger partial charge in [0, 0.05) is 44.0 Å². The van der Waals surface area contributed by atoms with Gasteiger partial charge in [-0.05, 0) is 37.3 Å². The van der Waals surface area contributed by atoms with Crippen LogP contribution in [0, 0.1) is 10.1 Å². The Hall–Kier alpha value is -3.30. The number of carbonyl (C=O) groups is 1. The second-order valence-corrected chi connectivity index (χ2v) is 6.69. The maximum Gasteiger partial charge on any atom is 0.416 e. The highest BCUT2D eigenvalue weighted by molar-refractivity contribution is 5.97. The Labute approximate surface area is 170 Å². The van der Waals surface area contributed by atoms with E-state index in [0.29, 0.717) is 38.5 Å². The van der Waals surface area contributed by atoms with E-state index in [1.807, 2.05) is 4.90 Å². The van der Waals surface area contributed by atoms with E-state index in [-0.39, 0.29) is 22.9 Å². The summed E-state index contributed by atoms with van der Waals surface area (Å²) in [6.07, 6.45) is -4.39. The van der Waals surface area contributed by atoms with Crippen LogP contribution < -0.4 is 9.64 Å². The number of nitro benzene ring substituents is 1. The van der Waals surface area contributed by atoms with Gasteiger partial charge in [-0.25, -0.2) is 0 Å². The fraction of sp³-hybridized carbons (Fsp3) is 0.350. The maximum absolute atomic E-state index is 12.9. The van der Waals surface area contributed by atoms with E-state index in [1.54, 1.807) is 11.8 Å². The number of nitro groups is 1. The molecule has 0 atom stereocenters. The second kappa shape index (κ2) is 8.60. The minimum Gasteiger partial charge on any atom is -0.493 e. The number of non-ortho nitro benzene ring substituents is 1.